The van der Waals surface area contributed by atoms with Gasteiger partial charge in [-0.25, -0.2) is 4.99 Å². The van der Waals surface area contributed by atoms with Gasteiger partial charge in [0.2, 0.25) is 0 Å². The summed E-state index contributed by atoms with van der Waals surface area (Å²) in [5.41, 5.74) is 6.03. The number of hydrogen-bond donors (Lipinski definition) is 0. The van der Waals surface area contributed by atoms with Gasteiger partial charge in [-0.2, -0.15) is 0 Å². The Morgan fingerprint density at radius 1 is 1.10 bits per heavy atom. The van der Waals surface area contributed by atoms with E-state index >= 15 is 0 Å². The van der Waals surface area contributed by atoms with Gasteiger partial charge in [0.15, 0.2) is 0 Å². The van der Waals surface area contributed by atoms with Crippen LogP contribution in [0.15, 0.2) is 69.7 Å². The molecule has 0 heterocycles. The Labute approximate surface area is 182 Å². The van der Waals surface area contributed by atoms with Gasteiger partial charge < -0.3 is 4.74 Å². The predicted octanol–water partition coefficient (Wildman–Crippen LogP) is 8.69. The van der Waals surface area contributed by atoms with Crippen molar-refractivity contribution >= 4 is 22.4 Å². The molecule has 164 valence electrons. The highest BCUT2D eigenvalue weighted by Gasteiger charge is 2.31. The lowest BCUT2D eigenvalue weighted by Crippen LogP contribution is -2.17. The monoisotopic (exact) mass is 437 g/mol. The molecular weight excluding hydrogens is 407 g/mol. The molecule has 6 heteroatoms. The molecule has 0 aliphatic heterocycles. The first-order valence-corrected chi connectivity index (χ1v) is 10.6. The number of hydrogen-bond acceptors (Lipinski definition) is 3. The smallest absolute Gasteiger partial charge is 0.406 e. The highest BCUT2D eigenvalue weighted by molar-refractivity contribution is 8.16. The molecular formula is C24H30F3NOS. The zero-order chi connectivity index (χ0) is 22.9. The quantitative estimate of drug-likeness (QED) is 0.230. The first-order valence-electron chi connectivity index (χ1n) is 9.70. The van der Waals surface area contributed by atoms with E-state index in [2.05, 4.69) is 30.6 Å². The third-order valence-corrected chi connectivity index (χ3v) is 5.63. The van der Waals surface area contributed by atoms with Crippen molar-refractivity contribution in [3.05, 3.63) is 70.3 Å². The molecule has 0 N–H and O–H groups in total. The SMILES string of the molecule is C=CCC(N=C(S/C=C(\C)CC)/C(C)=C(\C)c1ccc(OC(F)(F)F)cc1)=C(C)C. The van der Waals surface area contributed by atoms with Crippen molar-refractivity contribution in [2.24, 2.45) is 4.99 Å². The van der Waals surface area contributed by atoms with Crippen LogP contribution in [0.2, 0.25) is 0 Å². The Hall–Kier alpha value is -2.21. The van der Waals surface area contributed by atoms with E-state index in [0.29, 0.717) is 6.42 Å². The highest BCUT2D eigenvalue weighted by atomic mass is 32.2. The van der Waals surface area contributed by atoms with Crippen molar-refractivity contribution in [3.63, 3.8) is 0 Å². The Balaban J connectivity index is 3.38. The van der Waals surface area contributed by atoms with Crippen LogP contribution in [-0.4, -0.2) is 11.4 Å². The van der Waals surface area contributed by atoms with Crippen molar-refractivity contribution < 1.29 is 17.9 Å². The average molecular weight is 438 g/mol. The average Bonchev–Trinajstić information content (AvgIpc) is 2.68. The molecule has 0 aliphatic carbocycles. The largest absolute Gasteiger partial charge is 0.573 e. The standard InChI is InChI=1S/C24H30F3NOS/c1-8-10-22(16(3)4)28-23(30-15-17(5)9-2)19(7)18(6)20-11-13-21(14-12-20)29-24(25,26)27/h8,11-15H,1,9-10H2,2-7H3/b17-15+,19-18+,28-23?. The van der Waals surface area contributed by atoms with Gasteiger partial charge in [-0.05, 0) is 75.3 Å². The summed E-state index contributed by atoms with van der Waals surface area (Å²) in [5.74, 6) is -0.237. The number of rotatable bonds is 8. The molecule has 0 fully saturated rings. The Morgan fingerprint density at radius 3 is 2.17 bits per heavy atom. The van der Waals surface area contributed by atoms with Crippen LogP contribution in [0, 0.1) is 0 Å². The fourth-order valence-corrected chi connectivity index (χ4v) is 3.31. The Bertz CT molecular complexity index is 855. The van der Waals surface area contributed by atoms with E-state index in [0.717, 1.165) is 39.4 Å². The predicted molar refractivity (Wildman–Crippen MR) is 124 cm³/mol. The van der Waals surface area contributed by atoms with Crippen molar-refractivity contribution in [1.82, 2.24) is 0 Å². The third-order valence-electron chi connectivity index (χ3n) is 4.48. The van der Waals surface area contributed by atoms with Crippen molar-refractivity contribution in [3.8, 4) is 5.75 Å². The second-order valence-corrected chi connectivity index (χ2v) is 7.97. The zero-order valence-electron chi connectivity index (χ0n) is 18.5. The van der Waals surface area contributed by atoms with Crippen LogP contribution in [0.3, 0.4) is 0 Å². The molecule has 0 amide bonds. The van der Waals surface area contributed by atoms with Gasteiger partial charge in [-0.1, -0.05) is 48.0 Å². The lowest BCUT2D eigenvalue weighted by Gasteiger charge is -2.13. The topological polar surface area (TPSA) is 21.6 Å². The number of thioether (sulfide) groups is 1. The van der Waals surface area contributed by atoms with E-state index in [1.807, 2.05) is 33.8 Å². The fourth-order valence-electron chi connectivity index (χ4n) is 2.34. The summed E-state index contributed by atoms with van der Waals surface area (Å²) in [6, 6.07) is 5.90. The number of halogens is 3. The summed E-state index contributed by atoms with van der Waals surface area (Å²) < 4.78 is 41.1. The van der Waals surface area contributed by atoms with Gasteiger partial charge in [-0.15, -0.1) is 19.8 Å². The molecule has 2 nitrogen and oxygen atoms in total. The van der Waals surface area contributed by atoms with E-state index in [1.54, 1.807) is 23.9 Å². The zero-order valence-corrected chi connectivity index (χ0v) is 19.3. The summed E-state index contributed by atoms with van der Waals surface area (Å²) in [6.45, 7) is 15.9. The minimum atomic E-state index is -4.70. The van der Waals surface area contributed by atoms with Crippen molar-refractivity contribution in [1.29, 1.82) is 0 Å². The molecule has 0 saturated heterocycles. The molecule has 1 aromatic carbocycles. The van der Waals surface area contributed by atoms with E-state index < -0.39 is 6.36 Å². The first kappa shape index (κ1) is 25.8. The molecule has 0 aliphatic rings. The lowest BCUT2D eigenvalue weighted by molar-refractivity contribution is -0.274. The first-order chi connectivity index (χ1) is 14.0. The molecule has 0 spiro atoms. The second kappa shape index (κ2) is 11.8. The molecule has 30 heavy (non-hydrogen) atoms. The fraction of sp³-hybridized carbons (Fsp3) is 0.375. The maximum atomic E-state index is 12.4. The number of nitrogens with zero attached hydrogens (tertiary/aromatic N) is 1. The Kier molecular flexibility index (Phi) is 10.2. The van der Waals surface area contributed by atoms with Crippen LogP contribution < -0.4 is 4.74 Å². The van der Waals surface area contributed by atoms with Crippen LogP contribution in [0.4, 0.5) is 13.2 Å². The number of benzene rings is 1. The molecule has 0 saturated carbocycles. The van der Waals surface area contributed by atoms with E-state index in [1.165, 1.54) is 17.7 Å². The molecule has 0 radical (unpaired) electrons. The second-order valence-electron chi connectivity index (χ2n) is 7.11. The molecule has 0 aromatic heterocycles. The van der Waals surface area contributed by atoms with Crippen molar-refractivity contribution in [2.75, 3.05) is 0 Å². The van der Waals surface area contributed by atoms with Crippen LogP contribution in [-0.2, 0) is 0 Å². The number of aliphatic imine (C=N–C) groups is 1. The van der Waals surface area contributed by atoms with Gasteiger partial charge in [-0.3, -0.25) is 0 Å². The number of allylic oxidation sites excluding steroid dienone is 4. The molecule has 0 unspecified atom stereocenters. The van der Waals surface area contributed by atoms with E-state index in [9.17, 15) is 13.2 Å². The van der Waals surface area contributed by atoms with Crippen molar-refractivity contribution in [2.45, 2.75) is 60.7 Å². The molecule has 1 rings (SSSR count). The summed E-state index contributed by atoms with van der Waals surface area (Å²) in [7, 11) is 0. The maximum Gasteiger partial charge on any atom is 0.573 e. The van der Waals surface area contributed by atoms with Crippen LogP contribution in [0.25, 0.3) is 5.57 Å². The summed E-state index contributed by atoms with van der Waals surface area (Å²) >= 11 is 1.56. The van der Waals surface area contributed by atoms with Gasteiger partial charge in [0.1, 0.15) is 10.8 Å². The number of alkyl halides is 3. The summed E-state index contributed by atoms with van der Waals surface area (Å²) in [6.07, 6.45) is -1.26. The van der Waals surface area contributed by atoms with Gasteiger partial charge in [0.25, 0.3) is 0 Å². The van der Waals surface area contributed by atoms with Crippen LogP contribution >= 0.6 is 11.8 Å². The molecule has 1 aromatic rings. The van der Waals surface area contributed by atoms with Crippen LogP contribution in [0.5, 0.6) is 5.75 Å². The summed E-state index contributed by atoms with van der Waals surface area (Å²) in [4.78, 5) is 4.90. The lowest BCUT2D eigenvalue weighted by atomic mass is 10.0. The molecule has 0 bridgehead atoms. The minimum absolute atomic E-state index is 0.237. The number of ether oxygens (including phenoxy) is 1. The minimum Gasteiger partial charge on any atom is -0.406 e. The third kappa shape index (κ3) is 8.66. The summed E-state index contributed by atoms with van der Waals surface area (Å²) in [5, 5.41) is 2.95. The maximum absolute atomic E-state index is 12.4. The van der Waals surface area contributed by atoms with Gasteiger partial charge in [0, 0.05) is 12.1 Å². The highest BCUT2D eigenvalue weighted by Crippen LogP contribution is 2.29. The Morgan fingerprint density at radius 2 is 1.70 bits per heavy atom. The van der Waals surface area contributed by atoms with Crippen LogP contribution in [0.1, 0.15) is 59.9 Å². The normalized spacial score (nSPS) is 13.6. The van der Waals surface area contributed by atoms with E-state index in [4.69, 9.17) is 4.99 Å². The molecule has 0 atom stereocenters. The van der Waals surface area contributed by atoms with Gasteiger partial charge in [0.05, 0.1) is 0 Å². The van der Waals surface area contributed by atoms with E-state index in [-0.39, 0.29) is 5.75 Å². The van der Waals surface area contributed by atoms with Gasteiger partial charge >= 0.3 is 6.36 Å².